The van der Waals surface area contributed by atoms with E-state index in [1.807, 2.05) is 19.2 Å². The SMILES string of the molecule is COc1ccc2nc3c(c(C(=O)O)c2c1)CN(C)CC3. The standard InChI is InChI=1S/C15H16N2O3/c1-17-6-5-13-11(8-17)14(15(18)19)10-7-9(20-2)3-4-12(10)16-13/h3-4,7H,5-6,8H2,1-2H3,(H,18,19). The molecule has 1 aliphatic rings. The van der Waals surface area contributed by atoms with E-state index in [4.69, 9.17) is 4.74 Å². The number of ether oxygens (including phenoxy) is 1. The number of nitrogens with zero attached hydrogens (tertiary/aromatic N) is 2. The van der Waals surface area contributed by atoms with Gasteiger partial charge in [0.05, 0.1) is 18.2 Å². The molecular weight excluding hydrogens is 256 g/mol. The van der Waals surface area contributed by atoms with Crippen LogP contribution in [0.15, 0.2) is 18.2 Å². The minimum absolute atomic E-state index is 0.357. The Bertz CT molecular complexity index is 697. The molecule has 0 spiro atoms. The first-order valence-electron chi connectivity index (χ1n) is 6.51. The van der Waals surface area contributed by atoms with E-state index in [-0.39, 0.29) is 0 Å². The minimum Gasteiger partial charge on any atom is -0.497 e. The van der Waals surface area contributed by atoms with Crippen LogP contribution in [-0.4, -0.2) is 41.7 Å². The monoisotopic (exact) mass is 272 g/mol. The summed E-state index contributed by atoms with van der Waals surface area (Å²) >= 11 is 0. The first-order chi connectivity index (χ1) is 9.60. The fourth-order valence-corrected chi connectivity index (χ4v) is 2.73. The van der Waals surface area contributed by atoms with Crippen LogP contribution in [0.3, 0.4) is 0 Å². The molecular formula is C15H16N2O3. The Morgan fingerprint density at radius 1 is 1.45 bits per heavy atom. The second-order valence-corrected chi connectivity index (χ2v) is 5.09. The zero-order chi connectivity index (χ0) is 14.3. The van der Waals surface area contributed by atoms with Gasteiger partial charge in [0, 0.05) is 36.2 Å². The van der Waals surface area contributed by atoms with Gasteiger partial charge in [-0.05, 0) is 25.2 Å². The van der Waals surface area contributed by atoms with Crippen molar-refractivity contribution in [3.05, 3.63) is 35.0 Å². The molecule has 2 aromatic rings. The van der Waals surface area contributed by atoms with Crippen molar-refractivity contribution in [2.24, 2.45) is 0 Å². The summed E-state index contributed by atoms with van der Waals surface area (Å²) in [4.78, 5) is 18.4. The molecule has 0 saturated carbocycles. The molecule has 0 saturated heterocycles. The lowest BCUT2D eigenvalue weighted by Crippen LogP contribution is -2.29. The second kappa shape index (κ2) is 4.76. The minimum atomic E-state index is -0.905. The van der Waals surface area contributed by atoms with Crippen molar-refractivity contribution >= 4 is 16.9 Å². The van der Waals surface area contributed by atoms with Gasteiger partial charge < -0.3 is 14.7 Å². The number of methoxy groups -OCH3 is 1. The molecule has 3 rings (SSSR count). The van der Waals surface area contributed by atoms with E-state index >= 15 is 0 Å². The Hall–Kier alpha value is -2.14. The van der Waals surface area contributed by atoms with E-state index in [0.29, 0.717) is 28.8 Å². The van der Waals surface area contributed by atoms with Crippen molar-refractivity contribution in [3.8, 4) is 5.75 Å². The number of aromatic carboxylic acids is 1. The number of hydrogen-bond acceptors (Lipinski definition) is 4. The van der Waals surface area contributed by atoms with Gasteiger partial charge in [-0.25, -0.2) is 4.79 Å². The Morgan fingerprint density at radius 2 is 2.25 bits per heavy atom. The lowest BCUT2D eigenvalue weighted by Gasteiger charge is -2.26. The van der Waals surface area contributed by atoms with Gasteiger partial charge >= 0.3 is 5.97 Å². The van der Waals surface area contributed by atoms with Crippen molar-refractivity contribution in [3.63, 3.8) is 0 Å². The van der Waals surface area contributed by atoms with Crippen LogP contribution in [-0.2, 0) is 13.0 Å². The molecule has 1 aromatic heterocycles. The Morgan fingerprint density at radius 3 is 2.95 bits per heavy atom. The summed E-state index contributed by atoms with van der Waals surface area (Å²) in [5.74, 6) is -0.261. The quantitative estimate of drug-likeness (QED) is 0.905. The molecule has 104 valence electrons. The van der Waals surface area contributed by atoms with E-state index in [0.717, 1.165) is 24.2 Å². The van der Waals surface area contributed by atoms with Crippen LogP contribution in [0, 0.1) is 0 Å². The van der Waals surface area contributed by atoms with Gasteiger partial charge in [0.1, 0.15) is 5.75 Å². The maximum absolute atomic E-state index is 11.7. The van der Waals surface area contributed by atoms with Crippen molar-refractivity contribution in [2.75, 3.05) is 20.7 Å². The zero-order valence-corrected chi connectivity index (χ0v) is 11.5. The first-order valence-corrected chi connectivity index (χ1v) is 6.51. The van der Waals surface area contributed by atoms with Crippen LogP contribution in [0.4, 0.5) is 0 Å². The number of benzene rings is 1. The van der Waals surface area contributed by atoms with E-state index in [2.05, 4.69) is 9.88 Å². The lowest BCUT2D eigenvalue weighted by atomic mass is 9.96. The molecule has 5 nitrogen and oxygen atoms in total. The first kappa shape index (κ1) is 12.9. The summed E-state index contributed by atoms with van der Waals surface area (Å²) in [6.07, 6.45) is 0.786. The Labute approximate surface area is 116 Å². The highest BCUT2D eigenvalue weighted by Crippen LogP contribution is 2.30. The Balaban J connectivity index is 2.34. The maximum atomic E-state index is 11.7. The van der Waals surface area contributed by atoms with Crippen LogP contribution in [0.1, 0.15) is 21.6 Å². The molecule has 20 heavy (non-hydrogen) atoms. The number of carboxylic acids is 1. The predicted molar refractivity (Wildman–Crippen MR) is 75.3 cm³/mol. The van der Waals surface area contributed by atoms with Gasteiger partial charge in [-0.15, -0.1) is 0 Å². The molecule has 5 heteroatoms. The number of likely N-dealkylation sites (N-methyl/N-ethyl adjacent to an activating group) is 1. The molecule has 1 aromatic carbocycles. The smallest absolute Gasteiger partial charge is 0.336 e. The van der Waals surface area contributed by atoms with Crippen molar-refractivity contribution in [1.29, 1.82) is 0 Å². The van der Waals surface area contributed by atoms with Crippen LogP contribution < -0.4 is 4.74 Å². The second-order valence-electron chi connectivity index (χ2n) is 5.09. The van der Waals surface area contributed by atoms with Gasteiger partial charge in [0.2, 0.25) is 0 Å². The van der Waals surface area contributed by atoms with E-state index < -0.39 is 5.97 Å². The largest absolute Gasteiger partial charge is 0.497 e. The summed E-state index contributed by atoms with van der Waals surface area (Å²) in [5, 5.41) is 10.2. The van der Waals surface area contributed by atoms with Crippen LogP contribution in [0.2, 0.25) is 0 Å². The van der Waals surface area contributed by atoms with Gasteiger partial charge in [-0.3, -0.25) is 4.98 Å². The maximum Gasteiger partial charge on any atom is 0.336 e. The molecule has 1 aliphatic heterocycles. The fraction of sp³-hybridized carbons (Fsp3) is 0.333. The third kappa shape index (κ3) is 2.00. The molecule has 0 bridgehead atoms. The van der Waals surface area contributed by atoms with Crippen LogP contribution >= 0.6 is 0 Å². The molecule has 0 aliphatic carbocycles. The number of pyridine rings is 1. The summed E-state index contributed by atoms with van der Waals surface area (Å²) in [6.45, 7) is 1.53. The molecule has 0 atom stereocenters. The number of fused-ring (bicyclic) bond motifs is 2. The van der Waals surface area contributed by atoms with Gasteiger partial charge in [-0.1, -0.05) is 0 Å². The molecule has 2 heterocycles. The summed E-state index contributed by atoms with van der Waals surface area (Å²) in [7, 11) is 3.56. The number of rotatable bonds is 2. The van der Waals surface area contributed by atoms with Crippen molar-refractivity contribution < 1.29 is 14.6 Å². The zero-order valence-electron chi connectivity index (χ0n) is 11.5. The van der Waals surface area contributed by atoms with E-state index in [9.17, 15) is 9.90 Å². The molecule has 0 radical (unpaired) electrons. The van der Waals surface area contributed by atoms with Crippen LogP contribution in [0.25, 0.3) is 10.9 Å². The van der Waals surface area contributed by atoms with Gasteiger partial charge in [0.25, 0.3) is 0 Å². The average Bonchev–Trinajstić information content (AvgIpc) is 2.43. The van der Waals surface area contributed by atoms with Gasteiger partial charge in [0.15, 0.2) is 0 Å². The predicted octanol–water partition coefficient (Wildman–Crippen LogP) is 1.93. The topological polar surface area (TPSA) is 62.7 Å². The summed E-state index contributed by atoms with van der Waals surface area (Å²) < 4.78 is 5.19. The van der Waals surface area contributed by atoms with Crippen molar-refractivity contribution in [2.45, 2.75) is 13.0 Å². The van der Waals surface area contributed by atoms with E-state index in [1.54, 1.807) is 13.2 Å². The molecule has 1 N–H and O–H groups in total. The van der Waals surface area contributed by atoms with Crippen molar-refractivity contribution in [1.82, 2.24) is 9.88 Å². The molecule has 0 unspecified atom stereocenters. The summed E-state index contributed by atoms with van der Waals surface area (Å²) in [5.41, 5.74) is 2.80. The number of hydrogen-bond donors (Lipinski definition) is 1. The normalized spacial score (nSPS) is 15.1. The number of carbonyl (C=O) groups is 1. The third-order valence-corrected chi connectivity index (χ3v) is 3.75. The summed E-state index contributed by atoms with van der Waals surface area (Å²) in [6, 6.07) is 5.38. The molecule has 0 fully saturated rings. The fourth-order valence-electron chi connectivity index (χ4n) is 2.73. The third-order valence-electron chi connectivity index (χ3n) is 3.75. The Kier molecular flexibility index (Phi) is 3.06. The highest BCUT2D eigenvalue weighted by Gasteiger charge is 2.24. The van der Waals surface area contributed by atoms with E-state index in [1.165, 1.54) is 0 Å². The highest BCUT2D eigenvalue weighted by atomic mass is 16.5. The van der Waals surface area contributed by atoms with Crippen LogP contribution in [0.5, 0.6) is 5.75 Å². The number of carboxylic acid groups (broad SMARTS) is 1. The average molecular weight is 272 g/mol. The lowest BCUT2D eigenvalue weighted by molar-refractivity contribution is 0.0696. The highest BCUT2D eigenvalue weighted by molar-refractivity contribution is 6.04. The number of aromatic nitrogens is 1. The molecule has 0 amide bonds. The van der Waals surface area contributed by atoms with Gasteiger partial charge in [-0.2, -0.15) is 0 Å².